The number of benzene rings is 1. The zero-order valence-electron chi connectivity index (χ0n) is 16.1. The molecule has 0 aliphatic carbocycles. The van der Waals surface area contributed by atoms with Crippen LogP contribution >= 0.6 is 34.4 Å². The van der Waals surface area contributed by atoms with Crippen molar-refractivity contribution in [1.29, 1.82) is 0 Å². The maximum atomic E-state index is 13.1. The van der Waals surface area contributed by atoms with Gasteiger partial charge in [0, 0.05) is 19.8 Å². The van der Waals surface area contributed by atoms with Crippen molar-refractivity contribution in [3.8, 4) is 0 Å². The number of para-hydroxylation sites is 1. The molecule has 4 heterocycles. The number of carbonyl (C=O) groups is 1. The summed E-state index contributed by atoms with van der Waals surface area (Å²) < 4.78 is 5.06. The van der Waals surface area contributed by atoms with Gasteiger partial charge in [-0.05, 0) is 59.3 Å². The van der Waals surface area contributed by atoms with Gasteiger partial charge < -0.3 is 4.90 Å². The highest BCUT2D eigenvalue weighted by molar-refractivity contribution is 8.23. The number of nitrogens with zero attached hydrogens (tertiary/aromatic N) is 5. The molecule has 0 N–H and O–H groups in total. The zero-order valence-corrected chi connectivity index (χ0v) is 18.6. The number of rotatable bonds is 2. The molecule has 0 radical (unpaired) electrons. The van der Waals surface area contributed by atoms with Gasteiger partial charge in [-0.25, -0.2) is 9.55 Å². The molecule has 1 saturated heterocycles. The third-order valence-electron chi connectivity index (χ3n) is 4.81. The number of aliphatic imine (C=N–C) groups is 1. The van der Waals surface area contributed by atoms with Gasteiger partial charge in [0.05, 0.1) is 16.3 Å². The van der Waals surface area contributed by atoms with Crippen LogP contribution in [0, 0.1) is 0 Å². The summed E-state index contributed by atoms with van der Waals surface area (Å²) in [5.74, 6) is 0.861. The first-order valence-corrected chi connectivity index (χ1v) is 11.6. The van der Waals surface area contributed by atoms with Crippen molar-refractivity contribution in [2.75, 3.05) is 18.5 Å². The molecule has 1 fully saturated rings. The summed E-state index contributed by atoms with van der Waals surface area (Å²) in [5, 5.41) is 1.58. The van der Waals surface area contributed by atoms with Crippen molar-refractivity contribution in [1.82, 2.24) is 9.88 Å². The lowest BCUT2D eigenvalue weighted by Gasteiger charge is -2.11. The van der Waals surface area contributed by atoms with Crippen LogP contribution in [-0.2, 0) is 11.8 Å². The number of carbonyl (C=O) groups excluding carboxylic acids is 1. The Kier molecular flexibility index (Phi) is 4.53. The van der Waals surface area contributed by atoms with Gasteiger partial charge in [0.25, 0.3) is 11.1 Å². The van der Waals surface area contributed by atoms with Crippen LogP contribution in [0.25, 0.3) is 21.2 Å². The Morgan fingerprint density at radius 3 is 2.83 bits per heavy atom. The summed E-state index contributed by atoms with van der Waals surface area (Å²) in [6.45, 7) is 2.54. The normalized spacial score (nSPS) is 19.4. The fourth-order valence-corrected chi connectivity index (χ4v) is 6.52. The zero-order chi connectivity index (χ0) is 20.1. The maximum absolute atomic E-state index is 13.1. The van der Waals surface area contributed by atoms with Gasteiger partial charge in [0.2, 0.25) is 0 Å². The summed E-state index contributed by atoms with van der Waals surface area (Å²) in [5.41, 5.74) is 1.14. The van der Waals surface area contributed by atoms with Gasteiger partial charge >= 0.3 is 5.13 Å². The highest BCUT2D eigenvalue weighted by Gasteiger charge is 2.38. The molecular formula is C20H18N5OS3+. The van der Waals surface area contributed by atoms with Crippen molar-refractivity contribution >= 4 is 77.7 Å². The van der Waals surface area contributed by atoms with E-state index in [0.717, 1.165) is 25.7 Å². The highest BCUT2D eigenvalue weighted by Crippen LogP contribution is 2.34. The minimum atomic E-state index is -0.0262. The summed E-state index contributed by atoms with van der Waals surface area (Å²) in [6, 6.07) is 8.23. The molecule has 1 aromatic carbocycles. The first kappa shape index (κ1) is 18.5. The molecule has 3 aromatic rings. The van der Waals surface area contributed by atoms with E-state index in [9.17, 15) is 4.79 Å². The largest absolute Gasteiger partial charge is 0.385 e. The molecule has 9 heteroatoms. The third-order valence-corrected chi connectivity index (χ3v) is 8.14. The van der Waals surface area contributed by atoms with E-state index in [1.165, 1.54) is 16.5 Å². The lowest BCUT2D eigenvalue weighted by Crippen LogP contribution is -2.31. The van der Waals surface area contributed by atoms with Crippen LogP contribution in [0.2, 0.25) is 0 Å². The maximum Gasteiger partial charge on any atom is 0.385 e. The Labute approximate surface area is 179 Å². The monoisotopic (exact) mass is 440 g/mol. The molecular weight excluding hydrogens is 422 g/mol. The van der Waals surface area contributed by atoms with Gasteiger partial charge in [-0.3, -0.25) is 9.69 Å². The molecule has 0 saturated carbocycles. The number of fused-ring (bicyclic) bond motifs is 2. The Morgan fingerprint density at radius 2 is 2.07 bits per heavy atom. The van der Waals surface area contributed by atoms with E-state index in [1.54, 1.807) is 27.6 Å². The van der Waals surface area contributed by atoms with Gasteiger partial charge in [-0.1, -0.05) is 12.1 Å². The SMILES string of the molecule is CCN1C(=O)/C(=c2\nc3c(s2)=CC=CN3C)S/C1=N\c1sc2ccccc2[n+]1C. The molecule has 0 atom stereocenters. The van der Waals surface area contributed by atoms with Crippen LogP contribution in [0.5, 0.6) is 0 Å². The first-order chi connectivity index (χ1) is 14.1. The molecule has 2 aliphatic rings. The lowest BCUT2D eigenvalue weighted by atomic mass is 10.3. The van der Waals surface area contributed by atoms with Crippen molar-refractivity contribution in [2.45, 2.75) is 6.92 Å². The number of aryl methyl sites for hydroxylation is 1. The van der Waals surface area contributed by atoms with Crippen LogP contribution in [-0.4, -0.2) is 34.6 Å². The topological polar surface area (TPSA) is 52.7 Å². The minimum absolute atomic E-state index is 0.0262. The fraction of sp³-hybridized carbons (Fsp3) is 0.200. The second-order valence-corrected chi connectivity index (χ2v) is 9.63. The van der Waals surface area contributed by atoms with Gasteiger partial charge in [0.15, 0.2) is 5.82 Å². The number of hydrogen-bond acceptors (Lipinski definition) is 7. The lowest BCUT2D eigenvalue weighted by molar-refractivity contribution is -0.627. The summed E-state index contributed by atoms with van der Waals surface area (Å²) in [4.78, 5) is 27.0. The summed E-state index contributed by atoms with van der Waals surface area (Å²) >= 11 is 4.59. The molecule has 0 unspecified atom stereocenters. The van der Waals surface area contributed by atoms with Gasteiger partial charge in [0.1, 0.15) is 15.1 Å². The second-order valence-electron chi connectivity index (χ2n) is 6.61. The van der Waals surface area contributed by atoms with Gasteiger partial charge in [-0.15, -0.1) is 11.3 Å². The average molecular weight is 441 g/mol. The molecule has 5 rings (SSSR count). The molecule has 29 heavy (non-hydrogen) atoms. The highest BCUT2D eigenvalue weighted by atomic mass is 32.2. The number of thioether (sulfide) groups is 1. The number of anilines is 1. The van der Waals surface area contributed by atoms with Crippen LogP contribution in [0.4, 0.5) is 10.9 Å². The molecule has 146 valence electrons. The van der Waals surface area contributed by atoms with Crippen molar-refractivity contribution in [3.05, 3.63) is 45.7 Å². The average Bonchev–Trinajstić information content (AvgIpc) is 3.37. The van der Waals surface area contributed by atoms with Crippen LogP contribution in [0.3, 0.4) is 0 Å². The smallest absolute Gasteiger partial charge is 0.335 e. The van der Waals surface area contributed by atoms with E-state index in [4.69, 9.17) is 9.98 Å². The molecule has 6 nitrogen and oxygen atoms in total. The van der Waals surface area contributed by atoms with Gasteiger partial charge in [-0.2, -0.15) is 0 Å². The first-order valence-electron chi connectivity index (χ1n) is 9.15. The predicted octanol–water partition coefficient (Wildman–Crippen LogP) is 2.32. The van der Waals surface area contributed by atoms with E-state index in [0.29, 0.717) is 16.6 Å². The Bertz CT molecular complexity index is 1330. The Hall–Kier alpha value is -2.49. The Balaban J connectivity index is 1.62. The van der Waals surface area contributed by atoms with Crippen LogP contribution in [0.1, 0.15) is 6.92 Å². The molecule has 2 aliphatic heterocycles. The van der Waals surface area contributed by atoms with Crippen molar-refractivity contribution in [2.24, 2.45) is 12.0 Å². The van der Waals surface area contributed by atoms with E-state index in [-0.39, 0.29) is 5.91 Å². The second kappa shape index (κ2) is 7.08. The van der Waals surface area contributed by atoms with Crippen LogP contribution in [0.15, 0.2) is 41.5 Å². The summed E-state index contributed by atoms with van der Waals surface area (Å²) in [7, 11) is 3.97. The standard InChI is InChI=1S/C20H18N5OS3/c1-4-25-18(26)15(17-21-16-14(27-17)10-7-11-23(16)2)29-20(25)22-19-24(3)12-8-5-6-9-13(12)28-19/h5-11H,4H2,1-3H3/q+1/b17-15-. The number of amidine groups is 1. The van der Waals surface area contributed by atoms with E-state index >= 15 is 0 Å². The number of amides is 1. The number of aromatic nitrogens is 2. The number of thiazole rings is 2. The van der Waals surface area contributed by atoms with E-state index in [1.807, 2.05) is 56.4 Å². The van der Waals surface area contributed by atoms with Crippen molar-refractivity contribution in [3.63, 3.8) is 0 Å². The number of hydrogen-bond donors (Lipinski definition) is 0. The molecule has 0 spiro atoms. The third kappa shape index (κ3) is 3.00. The van der Waals surface area contributed by atoms with E-state index in [2.05, 4.69) is 16.7 Å². The van der Waals surface area contributed by atoms with Crippen LogP contribution < -0.4 is 18.7 Å². The number of allylic oxidation sites excluding steroid dienone is 1. The van der Waals surface area contributed by atoms with E-state index < -0.39 is 0 Å². The minimum Gasteiger partial charge on any atom is -0.335 e. The fourth-order valence-electron chi connectivity index (χ4n) is 3.28. The van der Waals surface area contributed by atoms with Crippen molar-refractivity contribution < 1.29 is 9.36 Å². The Morgan fingerprint density at radius 1 is 1.24 bits per heavy atom. The quantitative estimate of drug-likeness (QED) is 0.574. The predicted molar refractivity (Wildman–Crippen MR) is 122 cm³/mol. The molecule has 0 bridgehead atoms. The summed E-state index contributed by atoms with van der Waals surface area (Å²) in [6.07, 6.45) is 5.99. The molecule has 2 aromatic heterocycles. The molecule has 1 amide bonds.